The van der Waals surface area contributed by atoms with Crippen molar-refractivity contribution in [1.29, 1.82) is 0 Å². The minimum absolute atomic E-state index is 0. The van der Waals surface area contributed by atoms with Gasteiger partial charge in [-0.1, -0.05) is 38.5 Å². The summed E-state index contributed by atoms with van der Waals surface area (Å²) in [6, 6.07) is 0. The SMILES string of the molecule is O=C1CCCCCN1.O=C1CCCCCN1.O=C1CCCCCN1.O=C1CCCCCN1.O=C1CCCCCN1.O=C1CCCCCN1.[Sc]. The average Bonchev–Trinajstić information content (AvgIpc) is 3.76. The first-order valence-electron chi connectivity index (χ1n) is 19.0. The molecule has 6 aliphatic rings. The summed E-state index contributed by atoms with van der Waals surface area (Å²) in [6.45, 7) is 5.33. The first kappa shape index (κ1) is 46.7. The Morgan fingerprint density at radius 3 is 0.510 bits per heavy atom. The zero-order valence-corrected chi connectivity index (χ0v) is 32.0. The Labute approximate surface area is 314 Å². The van der Waals surface area contributed by atoms with Crippen molar-refractivity contribution in [3.8, 4) is 0 Å². The number of carbonyl (C=O) groups is 6. The van der Waals surface area contributed by atoms with Crippen molar-refractivity contribution in [2.75, 3.05) is 39.3 Å². The van der Waals surface area contributed by atoms with Crippen LogP contribution in [0.3, 0.4) is 0 Å². The van der Waals surface area contributed by atoms with Crippen LogP contribution in [0.25, 0.3) is 0 Å². The molecule has 0 aliphatic carbocycles. The van der Waals surface area contributed by atoms with Gasteiger partial charge < -0.3 is 31.9 Å². The third-order valence-corrected chi connectivity index (χ3v) is 8.42. The molecule has 0 aromatic rings. The summed E-state index contributed by atoms with van der Waals surface area (Å²) in [7, 11) is 0. The van der Waals surface area contributed by atoms with Crippen molar-refractivity contribution >= 4 is 35.4 Å². The number of nitrogens with one attached hydrogen (secondary N) is 6. The van der Waals surface area contributed by atoms with Gasteiger partial charge in [0.05, 0.1) is 0 Å². The molecule has 12 nitrogen and oxygen atoms in total. The van der Waals surface area contributed by atoms with Gasteiger partial charge in [-0.05, 0) is 77.0 Å². The van der Waals surface area contributed by atoms with Crippen LogP contribution in [0.15, 0.2) is 0 Å². The van der Waals surface area contributed by atoms with Crippen molar-refractivity contribution in [3.05, 3.63) is 0 Å². The molecule has 6 rings (SSSR count). The normalized spacial score (nSPS) is 21.3. The summed E-state index contributed by atoms with van der Waals surface area (Å²) in [5.41, 5.74) is 0. The van der Waals surface area contributed by atoms with Gasteiger partial charge in [0.1, 0.15) is 0 Å². The third kappa shape index (κ3) is 32.6. The van der Waals surface area contributed by atoms with Crippen molar-refractivity contribution in [2.24, 2.45) is 0 Å². The van der Waals surface area contributed by atoms with Gasteiger partial charge in [-0.15, -0.1) is 0 Å². The second-order valence-corrected chi connectivity index (χ2v) is 13.0. The molecule has 49 heavy (non-hydrogen) atoms. The quantitative estimate of drug-likeness (QED) is 0.220. The van der Waals surface area contributed by atoms with Gasteiger partial charge in [0.15, 0.2) is 0 Å². The van der Waals surface area contributed by atoms with Crippen LogP contribution < -0.4 is 31.9 Å². The van der Waals surface area contributed by atoms with Gasteiger partial charge in [0.25, 0.3) is 0 Å². The largest absolute Gasteiger partial charge is 0.356 e. The second kappa shape index (κ2) is 34.2. The average molecular weight is 724 g/mol. The van der Waals surface area contributed by atoms with E-state index >= 15 is 0 Å². The molecule has 0 spiro atoms. The Balaban J connectivity index is 0.000000562. The number of rotatable bonds is 0. The van der Waals surface area contributed by atoms with Crippen molar-refractivity contribution in [3.63, 3.8) is 0 Å². The van der Waals surface area contributed by atoms with Crippen LogP contribution >= 0.6 is 0 Å². The maximum absolute atomic E-state index is 10.6. The maximum atomic E-state index is 10.6. The molecule has 0 saturated carbocycles. The van der Waals surface area contributed by atoms with E-state index in [2.05, 4.69) is 31.9 Å². The van der Waals surface area contributed by atoms with Gasteiger partial charge in [-0.25, -0.2) is 0 Å². The van der Waals surface area contributed by atoms with Crippen LogP contribution in [0.5, 0.6) is 0 Å². The van der Waals surface area contributed by atoms with Gasteiger partial charge in [0.2, 0.25) is 35.4 Å². The molecule has 6 heterocycles. The zero-order chi connectivity index (χ0) is 34.9. The Hall–Kier alpha value is -2.31. The van der Waals surface area contributed by atoms with Gasteiger partial charge in [-0.3, -0.25) is 28.8 Å². The molecule has 6 amide bonds. The summed E-state index contributed by atoms with van der Waals surface area (Å²) in [5.74, 6) is 1.35. The Morgan fingerprint density at radius 1 is 0.224 bits per heavy atom. The standard InChI is InChI=1S/6C6H11NO.Sc/c6*8-6-4-2-1-3-5-7-6;/h6*1-5H2,(H,7,8);. The van der Waals surface area contributed by atoms with Crippen LogP contribution in [-0.2, 0) is 54.6 Å². The zero-order valence-electron chi connectivity index (χ0n) is 30.2. The maximum Gasteiger partial charge on any atom is 0.219 e. The fraction of sp³-hybridized carbons (Fsp3) is 0.833. The molecule has 0 unspecified atom stereocenters. The van der Waals surface area contributed by atoms with Crippen LogP contribution in [0.2, 0.25) is 0 Å². The van der Waals surface area contributed by atoms with Gasteiger partial charge in [0, 0.05) is 104 Å². The molecular formula is C36H66N6O6Sc. The van der Waals surface area contributed by atoms with Crippen molar-refractivity contribution in [2.45, 2.75) is 154 Å². The molecule has 1 radical (unpaired) electrons. The van der Waals surface area contributed by atoms with E-state index in [1.807, 2.05) is 0 Å². The molecule has 0 aromatic carbocycles. The molecule has 0 aromatic heterocycles. The summed E-state index contributed by atoms with van der Waals surface area (Å²) < 4.78 is 0. The van der Waals surface area contributed by atoms with Crippen LogP contribution in [-0.4, -0.2) is 74.7 Å². The molecule has 6 aliphatic heterocycles. The molecule has 6 N–H and O–H groups in total. The smallest absolute Gasteiger partial charge is 0.219 e. The van der Waals surface area contributed by atoms with E-state index in [0.29, 0.717) is 0 Å². The molecule has 279 valence electrons. The van der Waals surface area contributed by atoms with E-state index in [0.717, 1.165) is 155 Å². The van der Waals surface area contributed by atoms with Gasteiger partial charge >= 0.3 is 0 Å². The first-order chi connectivity index (χ1) is 23.4. The predicted octanol–water partition coefficient (Wildman–Crippen LogP) is 4.06. The molecule has 6 saturated heterocycles. The van der Waals surface area contributed by atoms with Crippen LogP contribution in [0.1, 0.15) is 154 Å². The fourth-order valence-corrected chi connectivity index (χ4v) is 5.42. The second-order valence-electron chi connectivity index (χ2n) is 13.0. The topological polar surface area (TPSA) is 175 Å². The number of amides is 6. The Morgan fingerprint density at radius 2 is 0.367 bits per heavy atom. The Kier molecular flexibility index (Phi) is 32.5. The summed E-state index contributed by atoms with van der Waals surface area (Å²) in [4.78, 5) is 63.4. The van der Waals surface area contributed by atoms with E-state index in [4.69, 9.17) is 0 Å². The van der Waals surface area contributed by atoms with E-state index < -0.39 is 0 Å². The molecule has 0 atom stereocenters. The Bertz CT molecular complexity index is 676. The minimum atomic E-state index is 0. The van der Waals surface area contributed by atoms with E-state index in [1.54, 1.807) is 0 Å². The number of hydrogen-bond donors (Lipinski definition) is 6. The van der Waals surface area contributed by atoms with Gasteiger partial charge in [-0.2, -0.15) is 0 Å². The molecular weight excluding hydrogens is 657 g/mol. The van der Waals surface area contributed by atoms with E-state index in [9.17, 15) is 28.8 Å². The molecule has 6 fully saturated rings. The summed E-state index contributed by atoms with van der Waals surface area (Å²) >= 11 is 0. The predicted molar refractivity (Wildman–Crippen MR) is 189 cm³/mol. The number of carbonyl (C=O) groups excluding carboxylic acids is 6. The van der Waals surface area contributed by atoms with Crippen molar-refractivity contribution < 1.29 is 54.6 Å². The number of hydrogen-bond acceptors (Lipinski definition) is 6. The van der Waals surface area contributed by atoms with E-state index in [-0.39, 0.29) is 61.3 Å². The van der Waals surface area contributed by atoms with Crippen LogP contribution in [0.4, 0.5) is 0 Å². The van der Waals surface area contributed by atoms with E-state index in [1.165, 1.54) is 38.5 Å². The summed E-state index contributed by atoms with van der Waals surface area (Å²) in [5, 5.41) is 16.8. The summed E-state index contributed by atoms with van der Waals surface area (Å²) in [6.07, 6.45) is 25.1. The monoisotopic (exact) mass is 723 g/mol. The first-order valence-corrected chi connectivity index (χ1v) is 19.0. The molecule has 13 heteroatoms. The third-order valence-electron chi connectivity index (χ3n) is 8.42. The van der Waals surface area contributed by atoms with Crippen LogP contribution in [0, 0.1) is 0 Å². The molecule has 0 bridgehead atoms. The van der Waals surface area contributed by atoms with Crippen molar-refractivity contribution in [1.82, 2.24) is 31.9 Å². The minimum Gasteiger partial charge on any atom is -0.356 e. The fourth-order valence-electron chi connectivity index (χ4n) is 5.42.